The van der Waals surface area contributed by atoms with Crippen LogP contribution in [0, 0.1) is 5.41 Å². The molecule has 0 aliphatic carbocycles. The summed E-state index contributed by atoms with van der Waals surface area (Å²) in [6, 6.07) is 0. The van der Waals surface area contributed by atoms with E-state index < -0.39 is 42.1 Å². The van der Waals surface area contributed by atoms with Crippen LogP contribution in [0.4, 0.5) is 30.7 Å². The van der Waals surface area contributed by atoms with E-state index in [9.17, 15) is 35.8 Å². The zero-order chi connectivity index (χ0) is 15.9. The molecular weight excluding hydrogens is 325 g/mol. The second kappa shape index (κ2) is 6.85. The fourth-order valence-electron chi connectivity index (χ4n) is 1.11. The van der Waals surface area contributed by atoms with Crippen LogP contribution in [0.1, 0.15) is 27.2 Å². The summed E-state index contributed by atoms with van der Waals surface area (Å²) in [6.07, 6.45) is -12.8. The van der Waals surface area contributed by atoms with Crippen molar-refractivity contribution in [3.63, 3.8) is 0 Å². The summed E-state index contributed by atoms with van der Waals surface area (Å²) in [5.74, 6) is -12.1. The van der Waals surface area contributed by atoms with Gasteiger partial charge in [0, 0.05) is 6.42 Å². The van der Waals surface area contributed by atoms with Crippen LogP contribution in [0.15, 0.2) is 0 Å². The molecule has 0 aliphatic heterocycles. The second-order valence-corrected chi connectivity index (χ2v) is 5.33. The Balaban J connectivity index is 0. The Morgan fingerprint density at radius 2 is 1.15 bits per heavy atom. The van der Waals surface area contributed by atoms with Gasteiger partial charge in [-0.25, -0.2) is 0 Å². The van der Waals surface area contributed by atoms with Crippen molar-refractivity contribution in [3.8, 4) is 0 Å². The number of halogens is 7. The van der Waals surface area contributed by atoms with Gasteiger partial charge in [-0.2, -0.15) is 30.7 Å². The van der Waals surface area contributed by atoms with Crippen molar-refractivity contribution in [2.75, 3.05) is 0 Å². The Labute approximate surface area is 141 Å². The normalized spacial score (nSPS) is 17.4. The summed E-state index contributed by atoms with van der Waals surface area (Å²) < 4.78 is 86.8. The Morgan fingerprint density at radius 3 is 1.40 bits per heavy atom. The molecule has 0 aliphatic rings. The van der Waals surface area contributed by atoms with Crippen LogP contribution in [0.3, 0.4) is 0 Å². The molecule has 0 saturated carbocycles. The minimum atomic E-state index is -6.50. The zero-order valence-corrected chi connectivity index (χ0v) is 10.4. The predicted octanol–water partition coefficient (Wildman–Crippen LogP) is 2.06. The number of hydrogen-bond donors (Lipinski definition) is 2. The molecule has 0 aromatic heterocycles. The number of alkyl halides is 7. The third-order valence-corrected chi connectivity index (χ3v) is 2.64. The summed E-state index contributed by atoms with van der Waals surface area (Å²) in [6.45, 7) is 4.05. The third-order valence-electron chi connectivity index (χ3n) is 2.64. The molecule has 2 N–H and O–H groups in total. The Morgan fingerprint density at radius 1 is 0.800 bits per heavy atom. The molecule has 20 heavy (non-hydrogen) atoms. The maximum atomic E-state index is 13.0. The van der Waals surface area contributed by atoms with Gasteiger partial charge in [0.05, 0.1) is 6.10 Å². The van der Waals surface area contributed by atoms with Gasteiger partial charge in [-0.1, -0.05) is 20.8 Å². The van der Waals surface area contributed by atoms with Crippen LogP contribution in [-0.2, 0) is 0 Å². The molecule has 0 rings (SSSR count). The van der Waals surface area contributed by atoms with Crippen molar-refractivity contribution >= 4 is 37.7 Å². The Hall–Kier alpha value is 0.690. The first-order valence-corrected chi connectivity index (χ1v) is 5.23. The number of rotatable bonds is 4. The van der Waals surface area contributed by atoms with Crippen molar-refractivity contribution in [2.45, 2.75) is 57.4 Å². The third kappa shape index (κ3) is 4.86. The van der Waals surface area contributed by atoms with Crippen molar-refractivity contribution in [1.82, 2.24) is 0 Å². The molecule has 0 aromatic rings. The zero-order valence-electron chi connectivity index (χ0n) is 10.4. The summed E-state index contributed by atoms with van der Waals surface area (Å²) in [5, 5.41) is 18.3. The maximum absolute atomic E-state index is 13.0. The standard InChI is InChI=1S/C10H15F7O2.Ca.2H/c1-7(2,3)5(18)4-6(19)8(11,12)9(13,14)10(15,16)17;;;/h5-6,18-19H,4H2,1-3H3;;;. The van der Waals surface area contributed by atoms with Crippen molar-refractivity contribution < 1.29 is 40.9 Å². The van der Waals surface area contributed by atoms with Gasteiger partial charge in [0.15, 0.2) is 0 Å². The van der Waals surface area contributed by atoms with Gasteiger partial charge < -0.3 is 10.2 Å². The average Bonchev–Trinajstić information content (AvgIpc) is 2.13. The van der Waals surface area contributed by atoms with Crippen LogP contribution < -0.4 is 0 Å². The molecule has 0 spiro atoms. The van der Waals surface area contributed by atoms with Crippen LogP contribution in [0.2, 0.25) is 0 Å². The molecule has 0 radical (unpaired) electrons. The van der Waals surface area contributed by atoms with Crippen molar-refractivity contribution in [1.29, 1.82) is 0 Å². The first-order valence-electron chi connectivity index (χ1n) is 5.23. The molecule has 0 heterocycles. The molecule has 2 nitrogen and oxygen atoms in total. The van der Waals surface area contributed by atoms with E-state index in [0.717, 1.165) is 0 Å². The monoisotopic (exact) mass is 342 g/mol. The van der Waals surface area contributed by atoms with Crippen LogP contribution in [-0.4, -0.2) is 78.2 Å². The Kier molecular flexibility index (Phi) is 7.86. The van der Waals surface area contributed by atoms with E-state index >= 15 is 0 Å². The van der Waals surface area contributed by atoms with Gasteiger partial charge in [0.1, 0.15) is 6.10 Å². The first-order chi connectivity index (χ1) is 8.05. The summed E-state index contributed by atoms with van der Waals surface area (Å²) in [5.41, 5.74) is -1.05. The molecule has 2 atom stereocenters. The first kappa shape index (κ1) is 23.0. The molecule has 0 fully saturated rings. The SMILES string of the molecule is CC(C)(C)C(O)CC(O)C(F)(F)C(F)(F)C(F)(F)F.[CaH2]. The van der Waals surface area contributed by atoms with Crippen LogP contribution in [0.25, 0.3) is 0 Å². The topological polar surface area (TPSA) is 40.5 Å². The fourth-order valence-corrected chi connectivity index (χ4v) is 1.11. The number of hydrogen-bond acceptors (Lipinski definition) is 2. The van der Waals surface area contributed by atoms with Crippen LogP contribution >= 0.6 is 0 Å². The number of aliphatic hydroxyl groups is 2. The minimum absolute atomic E-state index is 0. The van der Waals surface area contributed by atoms with Gasteiger partial charge in [0.2, 0.25) is 0 Å². The molecular formula is C10H17CaF7O2. The quantitative estimate of drug-likeness (QED) is 0.607. The number of aliphatic hydroxyl groups excluding tert-OH is 2. The van der Waals surface area contributed by atoms with E-state index in [2.05, 4.69) is 0 Å². The average molecular weight is 342 g/mol. The molecule has 0 bridgehead atoms. The predicted molar refractivity (Wildman–Crippen MR) is 60.6 cm³/mol. The van der Waals surface area contributed by atoms with Gasteiger partial charge in [-0.3, -0.25) is 0 Å². The summed E-state index contributed by atoms with van der Waals surface area (Å²) in [7, 11) is 0. The molecule has 0 amide bonds. The molecule has 2 unspecified atom stereocenters. The Bertz CT molecular complexity index is 312. The van der Waals surface area contributed by atoms with E-state index in [1.54, 1.807) is 0 Å². The fraction of sp³-hybridized carbons (Fsp3) is 1.00. The van der Waals surface area contributed by atoms with E-state index in [1.807, 2.05) is 0 Å². The van der Waals surface area contributed by atoms with E-state index in [4.69, 9.17) is 5.11 Å². The van der Waals surface area contributed by atoms with E-state index in [-0.39, 0.29) is 37.7 Å². The van der Waals surface area contributed by atoms with Gasteiger partial charge in [-0.05, 0) is 5.41 Å². The molecule has 0 saturated heterocycles. The molecule has 0 aromatic carbocycles. The summed E-state index contributed by atoms with van der Waals surface area (Å²) >= 11 is 0. The van der Waals surface area contributed by atoms with E-state index in [1.165, 1.54) is 20.8 Å². The van der Waals surface area contributed by atoms with Crippen molar-refractivity contribution in [3.05, 3.63) is 0 Å². The van der Waals surface area contributed by atoms with Gasteiger partial charge >= 0.3 is 55.8 Å². The van der Waals surface area contributed by atoms with Crippen molar-refractivity contribution in [2.24, 2.45) is 5.41 Å². The molecule has 10 heteroatoms. The van der Waals surface area contributed by atoms with E-state index in [0.29, 0.717) is 0 Å². The molecule has 120 valence electrons. The van der Waals surface area contributed by atoms with Gasteiger partial charge in [-0.15, -0.1) is 0 Å². The summed E-state index contributed by atoms with van der Waals surface area (Å²) in [4.78, 5) is 0. The second-order valence-electron chi connectivity index (χ2n) is 5.33. The van der Waals surface area contributed by atoms with Gasteiger partial charge in [0.25, 0.3) is 0 Å². The van der Waals surface area contributed by atoms with Crippen LogP contribution in [0.5, 0.6) is 0 Å².